The van der Waals surface area contributed by atoms with Crippen LogP contribution in [0.5, 0.6) is 0 Å². The number of carbonyl (C=O) groups excluding carboxylic acids is 1. The predicted octanol–water partition coefficient (Wildman–Crippen LogP) is 9.36. The lowest BCUT2D eigenvalue weighted by Crippen LogP contribution is -2.32. The zero-order valence-electron chi connectivity index (χ0n) is 25.8. The minimum Gasteiger partial charge on any atom is -0.301 e. The van der Waals surface area contributed by atoms with Crippen LogP contribution in [0.15, 0.2) is 63.9 Å². The van der Waals surface area contributed by atoms with E-state index in [1.807, 2.05) is 72.1 Å². The third-order valence-electron chi connectivity index (χ3n) is 6.72. The first-order chi connectivity index (χ1) is 18.4. The highest BCUT2D eigenvalue weighted by Crippen LogP contribution is 2.26. The summed E-state index contributed by atoms with van der Waals surface area (Å²) in [6.45, 7) is 24.2. The van der Waals surface area contributed by atoms with Crippen LogP contribution in [0.25, 0.3) is 6.08 Å². The van der Waals surface area contributed by atoms with Crippen LogP contribution in [0.3, 0.4) is 0 Å². The van der Waals surface area contributed by atoms with E-state index in [-0.39, 0.29) is 5.92 Å². The fourth-order valence-corrected chi connectivity index (χ4v) is 4.81. The molecule has 1 aliphatic heterocycles. The quantitative estimate of drug-likeness (QED) is 0.174. The summed E-state index contributed by atoms with van der Waals surface area (Å²) in [6, 6.07) is 4.63. The van der Waals surface area contributed by atoms with Gasteiger partial charge in [0.05, 0.1) is 11.4 Å². The predicted molar refractivity (Wildman–Crippen MR) is 173 cm³/mol. The van der Waals surface area contributed by atoms with Crippen molar-refractivity contribution in [1.29, 1.82) is 0 Å². The van der Waals surface area contributed by atoms with E-state index in [9.17, 15) is 4.79 Å². The Morgan fingerprint density at radius 3 is 2.41 bits per heavy atom. The maximum atomic E-state index is 12.9. The van der Waals surface area contributed by atoms with E-state index in [1.165, 1.54) is 0 Å². The van der Waals surface area contributed by atoms with Crippen LogP contribution in [0.1, 0.15) is 90.8 Å². The maximum absolute atomic E-state index is 12.9. The molecule has 1 atom stereocenters. The molecule has 0 aliphatic carbocycles. The number of carbonyl (C=O) groups is 1. The summed E-state index contributed by atoms with van der Waals surface area (Å²) in [5.41, 5.74) is 6.83. The molecule has 1 fully saturated rings. The van der Waals surface area contributed by atoms with Gasteiger partial charge in [-0.2, -0.15) is 0 Å². The van der Waals surface area contributed by atoms with Crippen molar-refractivity contribution in [2.45, 2.75) is 94.0 Å². The number of hydrogen-bond acceptors (Lipinski definition) is 4. The van der Waals surface area contributed by atoms with E-state index in [4.69, 9.17) is 11.6 Å². The second-order valence-corrected chi connectivity index (χ2v) is 11.1. The number of allylic oxidation sites excluding steroid dienone is 4. The number of aliphatic imine (C=N–C) groups is 2. The molecule has 5 heteroatoms. The van der Waals surface area contributed by atoms with Gasteiger partial charge < -0.3 is 4.90 Å². The molecule has 0 radical (unpaired) electrons. The van der Waals surface area contributed by atoms with Gasteiger partial charge in [-0.15, -0.1) is 0 Å². The van der Waals surface area contributed by atoms with Crippen molar-refractivity contribution in [3.63, 3.8) is 0 Å². The Hall–Kier alpha value is -2.56. The van der Waals surface area contributed by atoms with Gasteiger partial charge in [0.1, 0.15) is 0 Å². The topological polar surface area (TPSA) is 45.0 Å². The average molecular weight is 552 g/mol. The second kappa shape index (κ2) is 17.9. The molecular weight excluding hydrogens is 502 g/mol. The zero-order valence-corrected chi connectivity index (χ0v) is 26.5. The molecule has 1 heterocycles. The first kappa shape index (κ1) is 34.5. The lowest BCUT2D eigenvalue weighted by Gasteiger charge is -2.24. The van der Waals surface area contributed by atoms with Gasteiger partial charge in [0.15, 0.2) is 5.78 Å². The molecule has 39 heavy (non-hydrogen) atoms. The van der Waals surface area contributed by atoms with E-state index in [1.54, 1.807) is 6.08 Å². The lowest BCUT2D eigenvalue weighted by atomic mass is 9.90. The number of Topliss-reactive ketones (excluding diaryl/α,β-unsaturated/α-hetero) is 1. The SMILES string of the molecule is C/C(=C\c1cc(C)cc(Cl)c1C)C(=O)C1CCCN(C(C)C)CC1.C=C/C=C(N=C(C)C)/C(=C/C)N=CCC. The van der Waals surface area contributed by atoms with E-state index in [0.29, 0.717) is 11.8 Å². The summed E-state index contributed by atoms with van der Waals surface area (Å²) < 4.78 is 0. The van der Waals surface area contributed by atoms with Crippen LogP contribution >= 0.6 is 11.6 Å². The van der Waals surface area contributed by atoms with E-state index < -0.39 is 0 Å². The van der Waals surface area contributed by atoms with Gasteiger partial charge in [0.2, 0.25) is 0 Å². The maximum Gasteiger partial charge on any atom is 0.161 e. The highest BCUT2D eigenvalue weighted by atomic mass is 35.5. The molecule has 1 saturated heterocycles. The Morgan fingerprint density at radius 1 is 1.15 bits per heavy atom. The van der Waals surface area contributed by atoms with Crippen molar-refractivity contribution in [3.8, 4) is 0 Å². The summed E-state index contributed by atoms with van der Waals surface area (Å²) >= 11 is 6.28. The van der Waals surface area contributed by atoms with Crippen LogP contribution in [0, 0.1) is 19.8 Å². The van der Waals surface area contributed by atoms with Gasteiger partial charge in [-0.1, -0.05) is 43.3 Å². The van der Waals surface area contributed by atoms with Gasteiger partial charge in [-0.25, -0.2) is 0 Å². The highest BCUT2D eigenvalue weighted by molar-refractivity contribution is 6.31. The number of rotatable bonds is 9. The Labute approximate surface area is 243 Å². The van der Waals surface area contributed by atoms with Gasteiger partial charge in [0, 0.05) is 28.9 Å². The van der Waals surface area contributed by atoms with E-state index >= 15 is 0 Å². The molecule has 0 bridgehead atoms. The second-order valence-electron chi connectivity index (χ2n) is 10.7. The molecule has 1 aromatic rings. The molecule has 0 spiro atoms. The molecular formula is C34H50ClN3O. The number of ketones is 1. The number of benzene rings is 1. The fourth-order valence-electron chi connectivity index (χ4n) is 4.53. The molecule has 0 aromatic heterocycles. The lowest BCUT2D eigenvalue weighted by molar-refractivity contribution is -0.119. The highest BCUT2D eigenvalue weighted by Gasteiger charge is 2.24. The van der Waals surface area contributed by atoms with Crippen molar-refractivity contribution >= 4 is 35.4 Å². The molecule has 4 nitrogen and oxygen atoms in total. The smallest absolute Gasteiger partial charge is 0.161 e. The Balaban J connectivity index is 0.000000439. The summed E-state index contributed by atoms with van der Waals surface area (Å²) in [5.74, 6) is 0.461. The Bertz CT molecular complexity index is 1120. The van der Waals surface area contributed by atoms with Crippen molar-refractivity contribution in [3.05, 3.63) is 75.6 Å². The molecule has 1 aliphatic rings. The van der Waals surface area contributed by atoms with Crippen LogP contribution in [0.4, 0.5) is 0 Å². The summed E-state index contributed by atoms with van der Waals surface area (Å²) in [4.78, 5) is 24.1. The molecule has 1 unspecified atom stereocenters. The van der Waals surface area contributed by atoms with Crippen LogP contribution in [0.2, 0.25) is 5.02 Å². The zero-order chi connectivity index (χ0) is 29.5. The number of halogens is 1. The molecule has 214 valence electrons. The normalized spacial score (nSPS) is 17.5. The number of hydrogen-bond donors (Lipinski definition) is 0. The van der Waals surface area contributed by atoms with Crippen molar-refractivity contribution in [2.24, 2.45) is 15.9 Å². The van der Waals surface area contributed by atoms with Crippen molar-refractivity contribution < 1.29 is 4.79 Å². The minimum atomic E-state index is 0.158. The van der Waals surface area contributed by atoms with Crippen LogP contribution in [-0.4, -0.2) is 41.7 Å². The fraction of sp³-hybridized carbons (Fsp3) is 0.500. The Kier molecular flexibility index (Phi) is 15.8. The Morgan fingerprint density at radius 2 is 1.85 bits per heavy atom. The standard InChI is InChI=1S/C21H30ClNO.C13H20N2/c1-14(2)23-9-6-7-18(8-10-23)21(24)16(4)13-19-11-15(3)12-20(22)17(19)5;1-6-9-13(15-11(4)5)12(8-3)14-10-7-2/h11-14,18H,6-10H2,1-5H3;6,8-10H,1,7H2,2-5H3/b16-13+;12-8-,13-9-,14-10?. The first-order valence-corrected chi connectivity index (χ1v) is 14.6. The van der Waals surface area contributed by atoms with Crippen molar-refractivity contribution in [1.82, 2.24) is 4.90 Å². The monoisotopic (exact) mass is 551 g/mol. The minimum absolute atomic E-state index is 0.158. The van der Waals surface area contributed by atoms with Crippen LogP contribution in [-0.2, 0) is 4.79 Å². The molecule has 0 amide bonds. The van der Waals surface area contributed by atoms with E-state index in [0.717, 1.165) is 83.2 Å². The first-order valence-electron chi connectivity index (χ1n) is 14.2. The third-order valence-corrected chi connectivity index (χ3v) is 7.11. The molecule has 0 saturated carbocycles. The van der Waals surface area contributed by atoms with Gasteiger partial charge in [0.25, 0.3) is 0 Å². The molecule has 2 rings (SSSR count). The van der Waals surface area contributed by atoms with Gasteiger partial charge in [-0.3, -0.25) is 14.8 Å². The van der Waals surface area contributed by atoms with Crippen molar-refractivity contribution in [2.75, 3.05) is 13.1 Å². The largest absolute Gasteiger partial charge is 0.301 e. The summed E-state index contributed by atoms with van der Waals surface area (Å²) in [5, 5.41) is 0.767. The number of nitrogens with zero attached hydrogens (tertiary/aromatic N) is 3. The van der Waals surface area contributed by atoms with Gasteiger partial charge in [-0.05, 0) is 135 Å². The molecule has 0 N–H and O–H groups in total. The molecule has 1 aromatic carbocycles. The average Bonchev–Trinajstić information content (AvgIpc) is 3.14. The number of likely N-dealkylation sites (tertiary alicyclic amines) is 1. The van der Waals surface area contributed by atoms with Crippen LogP contribution < -0.4 is 0 Å². The third kappa shape index (κ3) is 12.0. The summed E-state index contributed by atoms with van der Waals surface area (Å²) in [7, 11) is 0. The number of aryl methyl sites for hydroxylation is 1. The van der Waals surface area contributed by atoms with E-state index in [2.05, 4.69) is 48.3 Å². The van der Waals surface area contributed by atoms with Gasteiger partial charge >= 0.3 is 0 Å². The summed E-state index contributed by atoms with van der Waals surface area (Å²) in [6.07, 6.45) is 13.5.